The zero-order valence-corrected chi connectivity index (χ0v) is 22.3. The molecule has 0 saturated heterocycles. The van der Waals surface area contributed by atoms with Crippen molar-refractivity contribution >= 4 is 16.9 Å². The number of benzene rings is 3. The van der Waals surface area contributed by atoms with Gasteiger partial charge in [-0.2, -0.15) is 0 Å². The fourth-order valence-corrected chi connectivity index (χ4v) is 4.88. The Kier molecular flexibility index (Phi) is 7.56. The van der Waals surface area contributed by atoms with Crippen LogP contribution in [0.2, 0.25) is 0 Å². The molecule has 2 heterocycles. The number of esters is 1. The SMILES string of the molecule is COc1ccc2[nH]c3c(c2c1)CCNC3c1ccc(OC)c(COc2ccc(C(=O)OCC(C)C)cc2)c1. The Morgan fingerprint density at radius 2 is 1.76 bits per heavy atom. The molecule has 1 atom stereocenters. The summed E-state index contributed by atoms with van der Waals surface area (Å²) < 4.78 is 22.5. The predicted molar refractivity (Wildman–Crippen MR) is 147 cm³/mol. The number of nitrogens with one attached hydrogen (secondary N) is 2. The molecule has 3 aromatic carbocycles. The quantitative estimate of drug-likeness (QED) is 0.274. The van der Waals surface area contributed by atoms with Gasteiger partial charge in [-0.25, -0.2) is 4.79 Å². The summed E-state index contributed by atoms with van der Waals surface area (Å²) in [6.45, 7) is 5.63. The Morgan fingerprint density at radius 1 is 0.974 bits per heavy atom. The summed E-state index contributed by atoms with van der Waals surface area (Å²) in [6.07, 6.45) is 0.951. The first-order valence-corrected chi connectivity index (χ1v) is 13.0. The highest BCUT2D eigenvalue weighted by molar-refractivity contribution is 5.89. The van der Waals surface area contributed by atoms with Crippen LogP contribution >= 0.6 is 0 Å². The Bertz CT molecular complexity index is 1420. The molecule has 0 aliphatic carbocycles. The van der Waals surface area contributed by atoms with Crippen molar-refractivity contribution in [2.45, 2.75) is 32.9 Å². The second-order valence-corrected chi connectivity index (χ2v) is 9.94. The van der Waals surface area contributed by atoms with Crippen LogP contribution in [0.5, 0.6) is 17.2 Å². The van der Waals surface area contributed by atoms with Crippen LogP contribution in [0.4, 0.5) is 0 Å². The number of ether oxygens (including phenoxy) is 4. The van der Waals surface area contributed by atoms with Crippen LogP contribution in [-0.4, -0.2) is 38.3 Å². The van der Waals surface area contributed by atoms with Gasteiger partial charge in [0, 0.05) is 28.7 Å². The number of fused-ring (bicyclic) bond motifs is 3. The van der Waals surface area contributed by atoms with Crippen molar-refractivity contribution in [2.75, 3.05) is 27.4 Å². The Morgan fingerprint density at radius 3 is 2.50 bits per heavy atom. The van der Waals surface area contributed by atoms with Crippen molar-refractivity contribution < 1.29 is 23.7 Å². The minimum absolute atomic E-state index is 0.0259. The summed E-state index contributed by atoms with van der Waals surface area (Å²) >= 11 is 0. The molecule has 7 heteroatoms. The third-order valence-electron chi connectivity index (χ3n) is 6.83. The average Bonchev–Trinajstić information content (AvgIpc) is 3.33. The van der Waals surface area contributed by atoms with Crippen LogP contribution in [0.25, 0.3) is 10.9 Å². The van der Waals surface area contributed by atoms with Crippen LogP contribution in [-0.2, 0) is 17.8 Å². The maximum Gasteiger partial charge on any atom is 0.338 e. The number of methoxy groups -OCH3 is 2. The van der Waals surface area contributed by atoms with Gasteiger partial charge in [-0.15, -0.1) is 0 Å². The van der Waals surface area contributed by atoms with Gasteiger partial charge in [0.25, 0.3) is 0 Å². The van der Waals surface area contributed by atoms with E-state index in [0.29, 0.717) is 30.4 Å². The van der Waals surface area contributed by atoms with Gasteiger partial charge in [0.05, 0.1) is 32.4 Å². The van der Waals surface area contributed by atoms with E-state index in [2.05, 4.69) is 34.6 Å². The van der Waals surface area contributed by atoms with E-state index in [1.54, 1.807) is 38.5 Å². The molecule has 0 fully saturated rings. The maximum atomic E-state index is 12.2. The predicted octanol–water partition coefficient (Wildman–Crippen LogP) is 5.81. The first-order valence-electron chi connectivity index (χ1n) is 13.0. The normalized spacial score (nSPS) is 14.8. The average molecular weight is 515 g/mol. The molecule has 1 unspecified atom stereocenters. The minimum Gasteiger partial charge on any atom is -0.497 e. The van der Waals surface area contributed by atoms with E-state index in [0.717, 1.165) is 41.1 Å². The van der Waals surface area contributed by atoms with E-state index in [1.165, 1.54) is 16.6 Å². The molecular weight excluding hydrogens is 480 g/mol. The summed E-state index contributed by atoms with van der Waals surface area (Å²) in [4.78, 5) is 15.8. The topological polar surface area (TPSA) is 81.8 Å². The van der Waals surface area contributed by atoms with Crippen molar-refractivity contribution in [3.05, 3.63) is 88.6 Å². The molecule has 2 N–H and O–H groups in total. The van der Waals surface area contributed by atoms with Gasteiger partial charge in [-0.05, 0) is 78.1 Å². The lowest BCUT2D eigenvalue weighted by Gasteiger charge is -2.25. The second-order valence-electron chi connectivity index (χ2n) is 9.94. The zero-order valence-electron chi connectivity index (χ0n) is 22.3. The standard InChI is InChI=1S/C31H34N2O5/c1-19(2)17-38-31(34)20-5-8-23(9-6-20)37-18-22-15-21(7-12-28(22)36-4)29-30-25(13-14-32-29)26-16-24(35-3)10-11-27(26)33-30/h5-12,15-16,19,29,32-33H,13-14,17-18H2,1-4H3. The van der Waals surface area contributed by atoms with Crippen LogP contribution in [0.15, 0.2) is 60.7 Å². The van der Waals surface area contributed by atoms with Crippen LogP contribution < -0.4 is 19.5 Å². The van der Waals surface area contributed by atoms with E-state index in [4.69, 9.17) is 18.9 Å². The van der Waals surface area contributed by atoms with Crippen molar-refractivity contribution in [1.82, 2.24) is 10.3 Å². The number of H-pyrrole nitrogens is 1. The highest BCUT2D eigenvalue weighted by Crippen LogP contribution is 2.36. The fourth-order valence-electron chi connectivity index (χ4n) is 4.88. The van der Waals surface area contributed by atoms with E-state index in [9.17, 15) is 4.79 Å². The van der Waals surface area contributed by atoms with Gasteiger partial charge in [0.2, 0.25) is 0 Å². The van der Waals surface area contributed by atoms with Crippen molar-refractivity contribution in [2.24, 2.45) is 5.92 Å². The molecular formula is C31H34N2O5. The summed E-state index contributed by atoms with van der Waals surface area (Å²) in [6, 6.07) is 19.4. The first kappa shape index (κ1) is 25.7. The largest absolute Gasteiger partial charge is 0.497 e. The van der Waals surface area contributed by atoms with Crippen molar-refractivity contribution in [1.29, 1.82) is 0 Å². The van der Waals surface area contributed by atoms with Crippen molar-refractivity contribution in [3.63, 3.8) is 0 Å². The van der Waals surface area contributed by atoms with E-state index in [1.807, 2.05) is 26.0 Å². The summed E-state index contributed by atoms with van der Waals surface area (Å²) in [5, 5.41) is 4.87. The first-order chi connectivity index (χ1) is 18.5. The molecule has 4 aromatic rings. The van der Waals surface area contributed by atoms with Crippen molar-refractivity contribution in [3.8, 4) is 17.2 Å². The molecule has 38 heavy (non-hydrogen) atoms. The summed E-state index contributed by atoms with van der Waals surface area (Å²) in [7, 11) is 3.36. The molecule has 0 saturated carbocycles. The molecule has 5 rings (SSSR count). The van der Waals surface area contributed by atoms with E-state index < -0.39 is 0 Å². The highest BCUT2D eigenvalue weighted by atomic mass is 16.5. The molecule has 7 nitrogen and oxygen atoms in total. The Balaban J connectivity index is 1.35. The lowest BCUT2D eigenvalue weighted by atomic mass is 9.93. The van der Waals surface area contributed by atoms with Crippen LogP contribution in [0, 0.1) is 5.92 Å². The number of rotatable bonds is 9. The molecule has 0 spiro atoms. The number of aromatic nitrogens is 1. The molecule has 1 aliphatic rings. The Labute approximate surface area is 223 Å². The third-order valence-corrected chi connectivity index (χ3v) is 6.83. The van der Waals surface area contributed by atoms with E-state index >= 15 is 0 Å². The zero-order chi connectivity index (χ0) is 26.6. The number of carbonyl (C=O) groups excluding carboxylic acids is 1. The molecule has 0 amide bonds. The molecule has 198 valence electrons. The van der Waals surface area contributed by atoms with Gasteiger partial charge in [-0.3, -0.25) is 0 Å². The molecule has 0 radical (unpaired) electrons. The summed E-state index contributed by atoms with van der Waals surface area (Å²) in [5.74, 6) is 2.26. The van der Waals surface area contributed by atoms with Gasteiger partial charge in [-0.1, -0.05) is 19.9 Å². The number of carbonyl (C=O) groups is 1. The summed E-state index contributed by atoms with van der Waals surface area (Å²) in [5.41, 5.74) is 6.19. The molecule has 1 aromatic heterocycles. The van der Waals surface area contributed by atoms with Crippen LogP contribution in [0.3, 0.4) is 0 Å². The number of hydrogen-bond acceptors (Lipinski definition) is 6. The maximum absolute atomic E-state index is 12.2. The van der Waals surface area contributed by atoms with Gasteiger partial charge < -0.3 is 29.2 Å². The number of aromatic amines is 1. The van der Waals surface area contributed by atoms with Gasteiger partial charge in [0.1, 0.15) is 23.9 Å². The smallest absolute Gasteiger partial charge is 0.338 e. The van der Waals surface area contributed by atoms with Crippen LogP contribution in [0.1, 0.15) is 52.6 Å². The Hall–Kier alpha value is -3.97. The number of hydrogen-bond donors (Lipinski definition) is 2. The third kappa shape index (κ3) is 5.34. The molecule has 0 bridgehead atoms. The molecule has 1 aliphatic heterocycles. The minimum atomic E-state index is -0.325. The van der Waals surface area contributed by atoms with Gasteiger partial charge >= 0.3 is 5.97 Å². The second kappa shape index (κ2) is 11.2. The highest BCUT2D eigenvalue weighted by Gasteiger charge is 2.26. The van der Waals surface area contributed by atoms with E-state index in [-0.39, 0.29) is 12.0 Å². The lowest BCUT2D eigenvalue weighted by Crippen LogP contribution is -2.30. The van der Waals surface area contributed by atoms with Gasteiger partial charge in [0.15, 0.2) is 0 Å². The fraction of sp³-hybridized carbons (Fsp3) is 0.323. The monoisotopic (exact) mass is 514 g/mol. The lowest BCUT2D eigenvalue weighted by molar-refractivity contribution is 0.0459.